The van der Waals surface area contributed by atoms with E-state index in [4.69, 9.17) is 4.74 Å². The lowest BCUT2D eigenvalue weighted by Gasteiger charge is -2.12. The van der Waals surface area contributed by atoms with E-state index in [9.17, 15) is 4.39 Å². The predicted molar refractivity (Wildman–Crippen MR) is 74.3 cm³/mol. The van der Waals surface area contributed by atoms with Crippen LogP contribution in [0.1, 0.15) is 16.7 Å². The number of rotatable bonds is 3. The molecule has 0 heterocycles. The minimum absolute atomic E-state index is 0.270. The van der Waals surface area contributed by atoms with Gasteiger partial charge in [-0.15, -0.1) is 0 Å². The summed E-state index contributed by atoms with van der Waals surface area (Å²) in [6.07, 6.45) is 0. The van der Waals surface area contributed by atoms with E-state index < -0.39 is 0 Å². The summed E-state index contributed by atoms with van der Waals surface area (Å²) in [5, 5.41) is 0. The Hall–Kier alpha value is -1.35. The molecule has 0 unspecified atom stereocenters. The summed E-state index contributed by atoms with van der Waals surface area (Å²) in [4.78, 5) is 0. The minimum atomic E-state index is -0.343. The summed E-state index contributed by atoms with van der Waals surface area (Å²) >= 11 is 3.30. The fraction of sp³-hybridized carbons (Fsp3) is 0.200. The normalized spacial score (nSPS) is 10.4. The second kappa shape index (κ2) is 5.53. The Morgan fingerprint density at radius 1 is 1.11 bits per heavy atom. The first kappa shape index (κ1) is 13.1. The number of halogens is 2. The largest absolute Gasteiger partial charge is 0.486 e. The van der Waals surface area contributed by atoms with Crippen LogP contribution in [0.5, 0.6) is 5.75 Å². The molecule has 1 nitrogen and oxygen atoms in total. The zero-order valence-electron chi connectivity index (χ0n) is 10.3. The van der Waals surface area contributed by atoms with Crippen LogP contribution < -0.4 is 4.74 Å². The predicted octanol–water partition coefficient (Wildman–Crippen LogP) is 4.78. The summed E-state index contributed by atoms with van der Waals surface area (Å²) in [5.41, 5.74) is 3.42. The van der Waals surface area contributed by atoms with Crippen molar-refractivity contribution in [3.05, 3.63) is 63.4 Å². The lowest BCUT2D eigenvalue weighted by molar-refractivity contribution is 0.288. The molecule has 0 saturated heterocycles. The molecule has 0 radical (unpaired) electrons. The Labute approximate surface area is 115 Å². The van der Waals surface area contributed by atoms with Crippen molar-refractivity contribution in [2.75, 3.05) is 0 Å². The van der Waals surface area contributed by atoms with Gasteiger partial charge in [-0.3, -0.25) is 0 Å². The van der Waals surface area contributed by atoms with Gasteiger partial charge in [0.25, 0.3) is 0 Å². The molecule has 0 saturated carbocycles. The molecule has 0 aliphatic rings. The first-order valence-electron chi connectivity index (χ1n) is 5.71. The molecule has 0 amide bonds. The summed E-state index contributed by atoms with van der Waals surface area (Å²) in [6, 6.07) is 10.8. The molecule has 2 rings (SSSR count). The van der Waals surface area contributed by atoms with E-state index in [1.54, 1.807) is 12.1 Å². The molecule has 0 aliphatic heterocycles. The van der Waals surface area contributed by atoms with Crippen LogP contribution in [0, 0.1) is 19.7 Å². The average molecular weight is 309 g/mol. The fourth-order valence-electron chi connectivity index (χ4n) is 1.81. The van der Waals surface area contributed by atoms with Crippen LogP contribution in [0.2, 0.25) is 0 Å². The minimum Gasteiger partial charge on any atom is -0.486 e. The monoisotopic (exact) mass is 308 g/mol. The van der Waals surface area contributed by atoms with E-state index in [0.717, 1.165) is 21.2 Å². The van der Waals surface area contributed by atoms with Gasteiger partial charge in [0.05, 0.1) is 0 Å². The smallest absolute Gasteiger partial charge is 0.165 e. The van der Waals surface area contributed by atoms with Crippen LogP contribution in [0.15, 0.2) is 40.9 Å². The molecular weight excluding hydrogens is 295 g/mol. The highest BCUT2D eigenvalue weighted by Crippen LogP contribution is 2.24. The molecule has 0 fully saturated rings. The van der Waals surface area contributed by atoms with Crippen molar-refractivity contribution in [3.63, 3.8) is 0 Å². The van der Waals surface area contributed by atoms with Crippen LogP contribution >= 0.6 is 15.9 Å². The van der Waals surface area contributed by atoms with Crippen molar-refractivity contribution in [3.8, 4) is 5.75 Å². The van der Waals surface area contributed by atoms with Gasteiger partial charge in [-0.05, 0) is 48.7 Å². The van der Waals surface area contributed by atoms with Gasteiger partial charge in [0, 0.05) is 4.47 Å². The quantitative estimate of drug-likeness (QED) is 0.792. The summed E-state index contributed by atoms with van der Waals surface area (Å²) in [7, 11) is 0. The Morgan fingerprint density at radius 2 is 1.78 bits per heavy atom. The molecular formula is C15H14BrFO. The topological polar surface area (TPSA) is 9.23 Å². The van der Waals surface area contributed by atoms with Gasteiger partial charge in [-0.25, -0.2) is 4.39 Å². The van der Waals surface area contributed by atoms with E-state index in [2.05, 4.69) is 15.9 Å². The Bertz CT molecular complexity index is 546. The first-order chi connectivity index (χ1) is 8.58. The third kappa shape index (κ3) is 2.91. The zero-order chi connectivity index (χ0) is 13.1. The summed E-state index contributed by atoms with van der Waals surface area (Å²) in [5.74, 6) is -0.0727. The van der Waals surface area contributed by atoms with E-state index in [1.807, 2.05) is 32.0 Å². The maximum absolute atomic E-state index is 13.5. The number of aryl methyl sites for hydroxylation is 2. The Kier molecular flexibility index (Phi) is 4.02. The van der Waals surface area contributed by atoms with Gasteiger partial charge in [-0.2, -0.15) is 0 Å². The molecule has 0 atom stereocenters. The van der Waals surface area contributed by atoms with Gasteiger partial charge in [0.2, 0.25) is 0 Å². The molecule has 0 aliphatic carbocycles. The lowest BCUT2D eigenvalue weighted by Crippen LogP contribution is -2.01. The summed E-state index contributed by atoms with van der Waals surface area (Å²) in [6.45, 7) is 4.44. The maximum Gasteiger partial charge on any atom is 0.165 e. The first-order valence-corrected chi connectivity index (χ1v) is 6.50. The average Bonchev–Trinajstić information content (AvgIpc) is 2.33. The highest BCUT2D eigenvalue weighted by molar-refractivity contribution is 9.10. The van der Waals surface area contributed by atoms with Gasteiger partial charge in [0.1, 0.15) is 6.61 Å². The number of hydrogen-bond acceptors (Lipinski definition) is 1. The molecule has 2 aromatic rings. The standard InChI is InChI=1S/C15H14BrFO/c1-10-4-3-5-11(2)13(10)9-18-15-8-12(16)6-7-14(15)17/h3-8H,9H2,1-2H3. The molecule has 3 heteroatoms. The lowest BCUT2D eigenvalue weighted by atomic mass is 10.0. The second-order valence-corrected chi connectivity index (χ2v) is 5.15. The Balaban J connectivity index is 2.19. The molecule has 0 spiro atoms. The van der Waals surface area contributed by atoms with Gasteiger partial charge in [-0.1, -0.05) is 34.1 Å². The van der Waals surface area contributed by atoms with Gasteiger partial charge in [0.15, 0.2) is 11.6 Å². The van der Waals surface area contributed by atoms with E-state index in [1.165, 1.54) is 6.07 Å². The highest BCUT2D eigenvalue weighted by atomic mass is 79.9. The van der Waals surface area contributed by atoms with Gasteiger partial charge >= 0.3 is 0 Å². The SMILES string of the molecule is Cc1cccc(C)c1COc1cc(Br)ccc1F. The molecule has 18 heavy (non-hydrogen) atoms. The zero-order valence-corrected chi connectivity index (χ0v) is 11.9. The van der Waals surface area contributed by atoms with Crippen LogP contribution in [-0.2, 0) is 6.61 Å². The van der Waals surface area contributed by atoms with E-state index in [-0.39, 0.29) is 11.6 Å². The molecule has 94 valence electrons. The number of hydrogen-bond donors (Lipinski definition) is 0. The van der Waals surface area contributed by atoms with Crippen molar-refractivity contribution >= 4 is 15.9 Å². The van der Waals surface area contributed by atoms with Crippen LogP contribution in [0.3, 0.4) is 0 Å². The molecule has 0 aromatic heterocycles. The molecule has 0 bridgehead atoms. The Morgan fingerprint density at radius 3 is 2.44 bits per heavy atom. The number of ether oxygens (including phenoxy) is 1. The second-order valence-electron chi connectivity index (χ2n) is 4.23. The van der Waals surface area contributed by atoms with Crippen molar-refractivity contribution in [2.24, 2.45) is 0 Å². The van der Waals surface area contributed by atoms with Crippen molar-refractivity contribution < 1.29 is 9.13 Å². The number of benzene rings is 2. The van der Waals surface area contributed by atoms with Crippen molar-refractivity contribution in [1.82, 2.24) is 0 Å². The van der Waals surface area contributed by atoms with Crippen LogP contribution in [-0.4, -0.2) is 0 Å². The maximum atomic E-state index is 13.5. The summed E-state index contributed by atoms with van der Waals surface area (Å²) < 4.78 is 19.9. The van der Waals surface area contributed by atoms with Gasteiger partial charge < -0.3 is 4.74 Å². The van der Waals surface area contributed by atoms with Crippen molar-refractivity contribution in [1.29, 1.82) is 0 Å². The van der Waals surface area contributed by atoms with E-state index in [0.29, 0.717) is 6.61 Å². The molecule has 0 N–H and O–H groups in total. The fourth-order valence-corrected chi connectivity index (χ4v) is 2.15. The third-order valence-electron chi connectivity index (χ3n) is 2.91. The van der Waals surface area contributed by atoms with Crippen LogP contribution in [0.4, 0.5) is 4.39 Å². The third-order valence-corrected chi connectivity index (χ3v) is 3.40. The van der Waals surface area contributed by atoms with E-state index >= 15 is 0 Å². The van der Waals surface area contributed by atoms with Crippen molar-refractivity contribution in [2.45, 2.75) is 20.5 Å². The van der Waals surface area contributed by atoms with Crippen LogP contribution in [0.25, 0.3) is 0 Å². The highest BCUT2D eigenvalue weighted by Gasteiger charge is 2.07. The molecule has 2 aromatic carbocycles.